The number of methoxy groups -OCH3 is 1. The molecule has 0 saturated carbocycles. The number of hydrogen-bond donors (Lipinski definition) is 1. The Morgan fingerprint density at radius 3 is 2.90 bits per heavy atom. The highest BCUT2D eigenvalue weighted by Gasteiger charge is 2.22. The molecule has 2 aromatic heterocycles. The van der Waals surface area contributed by atoms with Crippen molar-refractivity contribution in [1.82, 2.24) is 14.3 Å². The molecule has 2 atom stereocenters. The Hall–Kier alpha value is -2.00. The van der Waals surface area contributed by atoms with E-state index in [2.05, 4.69) is 35.2 Å². The van der Waals surface area contributed by atoms with E-state index in [1.807, 2.05) is 22.9 Å². The van der Waals surface area contributed by atoms with Crippen molar-refractivity contribution in [2.24, 2.45) is 0 Å². The van der Waals surface area contributed by atoms with Gasteiger partial charge in [0.2, 0.25) is 4.77 Å². The van der Waals surface area contributed by atoms with E-state index >= 15 is 0 Å². The molecule has 1 fully saturated rings. The van der Waals surface area contributed by atoms with Crippen molar-refractivity contribution in [1.29, 1.82) is 0 Å². The number of nitrogens with zero attached hydrogens (tertiary/aromatic N) is 3. The molecule has 1 saturated heterocycles. The van der Waals surface area contributed by atoms with Crippen LogP contribution in [0.25, 0.3) is 10.7 Å². The van der Waals surface area contributed by atoms with Crippen molar-refractivity contribution in [3.63, 3.8) is 0 Å². The summed E-state index contributed by atoms with van der Waals surface area (Å²) in [4.78, 5) is 2.42. The molecule has 154 valence electrons. The zero-order valence-corrected chi connectivity index (χ0v) is 18.5. The van der Waals surface area contributed by atoms with Crippen LogP contribution in [-0.4, -0.2) is 41.2 Å². The van der Waals surface area contributed by atoms with Crippen molar-refractivity contribution in [3.05, 3.63) is 52.1 Å². The van der Waals surface area contributed by atoms with Crippen molar-refractivity contribution in [2.75, 3.05) is 20.8 Å². The van der Waals surface area contributed by atoms with E-state index in [1.165, 1.54) is 10.5 Å². The van der Waals surface area contributed by atoms with Gasteiger partial charge in [-0.2, -0.15) is 4.68 Å². The van der Waals surface area contributed by atoms with Crippen LogP contribution in [0.15, 0.2) is 41.8 Å². The van der Waals surface area contributed by atoms with Gasteiger partial charge in [-0.15, -0.1) is 16.4 Å². The lowest BCUT2D eigenvalue weighted by atomic mass is 10.2. The maximum Gasteiger partial charge on any atom is 0.203 e. The molecule has 1 aliphatic rings. The number of thiophene rings is 1. The molecule has 1 aliphatic heterocycles. The van der Waals surface area contributed by atoms with Gasteiger partial charge in [0.1, 0.15) is 12.3 Å². The van der Waals surface area contributed by atoms with Gasteiger partial charge in [0.25, 0.3) is 0 Å². The maximum absolute atomic E-state index is 5.86. The van der Waals surface area contributed by atoms with Gasteiger partial charge in [0.05, 0.1) is 31.7 Å². The smallest absolute Gasteiger partial charge is 0.203 e. The normalized spacial score (nSPS) is 17.5. The third-order valence-electron chi connectivity index (χ3n) is 5.18. The number of nitrogens with one attached hydrogen (secondary N) is 1. The third kappa shape index (κ3) is 4.61. The Kier molecular flexibility index (Phi) is 6.44. The van der Waals surface area contributed by atoms with Crippen molar-refractivity contribution in [3.8, 4) is 16.5 Å². The molecule has 4 rings (SSSR count). The molecule has 1 N–H and O–H groups in total. The molecule has 0 bridgehead atoms. The van der Waals surface area contributed by atoms with Crippen LogP contribution in [0.4, 0.5) is 0 Å². The molecule has 1 unspecified atom stereocenters. The quantitative estimate of drug-likeness (QED) is 0.557. The number of benzene rings is 1. The van der Waals surface area contributed by atoms with Crippen LogP contribution < -0.4 is 9.64 Å². The average Bonchev–Trinajstić information content (AvgIpc) is 3.47. The summed E-state index contributed by atoms with van der Waals surface area (Å²) in [6, 6.07) is 12.3. The topological polar surface area (TPSA) is 45.7 Å². The van der Waals surface area contributed by atoms with Crippen LogP contribution in [0.2, 0.25) is 0 Å². The number of para-hydroxylation sites is 1. The maximum atomic E-state index is 5.86. The predicted octanol–water partition coefficient (Wildman–Crippen LogP) is 3.00. The summed E-state index contributed by atoms with van der Waals surface area (Å²) in [6.07, 6.45) is 2.42. The van der Waals surface area contributed by atoms with Gasteiger partial charge in [-0.05, 0) is 48.6 Å². The first-order valence-electron chi connectivity index (χ1n) is 9.92. The minimum atomic E-state index is 0.219. The fourth-order valence-corrected chi connectivity index (χ4v) is 4.76. The van der Waals surface area contributed by atoms with E-state index in [0.717, 1.165) is 53.8 Å². The molecular formula is C21H27N4O2S2+. The molecule has 0 radical (unpaired) electrons. The lowest BCUT2D eigenvalue weighted by Crippen LogP contribution is -3.07. The van der Waals surface area contributed by atoms with Crippen LogP contribution in [0, 0.1) is 4.77 Å². The summed E-state index contributed by atoms with van der Waals surface area (Å²) in [5, 5.41) is 6.97. The monoisotopic (exact) mass is 431 g/mol. The molecule has 0 amide bonds. The van der Waals surface area contributed by atoms with E-state index < -0.39 is 0 Å². The minimum Gasteiger partial charge on any atom is -0.496 e. The average molecular weight is 432 g/mol. The van der Waals surface area contributed by atoms with Crippen LogP contribution in [0.5, 0.6) is 5.75 Å². The highest BCUT2D eigenvalue weighted by molar-refractivity contribution is 7.71. The van der Waals surface area contributed by atoms with E-state index in [4.69, 9.17) is 26.8 Å². The highest BCUT2D eigenvalue weighted by atomic mass is 32.1. The van der Waals surface area contributed by atoms with E-state index in [1.54, 1.807) is 18.4 Å². The molecule has 3 aromatic rings. The number of hydrogen-bond acceptors (Lipinski definition) is 5. The van der Waals surface area contributed by atoms with Crippen molar-refractivity contribution < 1.29 is 14.4 Å². The second-order valence-electron chi connectivity index (χ2n) is 7.43. The van der Waals surface area contributed by atoms with E-state index in [-0.39, 0.29) is 6.10 Å². The highest BCUT2D eigenvalue weighted by Crippen LogP contribution is 2.25. The zero-order valence-electron chi connectivity index (χ0n) is 16.8. The predicted molar refractivity (Wildman–Crippen MR) is 117 cm³/mol. The Labute approximate surface area is 180 Å². The summed E-state index contributed by atoms with van der Waals surface area (Å²) < 4.78 is 16.2. The Balaban J connectivity index is 1.57. The van der Waals surface area contributed by atoms with Gasteiger partial charge in [0.15, 0.2) is 12.5 Å². The number of quaternary nitrogens is 1. The van der Waals surface area contributed by atoms with Crippen molar-refractivity contribution >= 4 is 23.6 Å². The molecule has 29 heavy (non-hydrogen) atoms. The molecule has 1 aromatic carbocycles. The summed E-state index contributed by atoms with van der Waals surface area (Å²) >= 11 is 7.52. The van der Waals surface area contributed by atoms with Crippen LogP contribution >= 0.6 is 23.6 Å². The first kappa shape index (κ1) is 20.3. The van der Waals surface area contributed by atoms with Gasteiger partial charge >= 0.3 is 0 Å². The minimum absolute atomic E-state index is 0.219. The lowest BCUT2D eigenvalue weighted by Gasteiger charge is -2.15. The Bertz CT molecular complexity index is 991. The molecule has 0 aliphatic carbocycles. The summed E-state index contributed by atoms with van der Waals surface area (Å²) in [5.41, 5.74) is 1.18. The molecule has 8 heteroatoms. The Morgan fingerprint density at radius 2 is 2.17 bits per heavy atom. The van der Waals surface area contributed by atoms with Gasteiger partial charge in [-0.1, -0.05) is 18.2 Å². The summed E-state index contributed by atoms with van der Waals surface area (Å²) in [7, 11) is 3.86. The van der Waals surface area contributed by atoms with Crippen LogP contribution in [-0.2, 0) is 24.5 Å². The van der Waals surface area contributed by atoms with Crippen LogP contribution in [0.3, 0.4) is 0 Å². The standard InChI is InChI=1S/C21H26N4O2S2/c1-23(13-16-7-3-4-9-18(16)26-2)15-25-21(28)24(14-17-8-5-11-27-17)20(22-25)19-10-6-12-29-19/h3-4,6-7,9-10,12,17H,5,8,11,13-15H2,1-2H3/p+1/t17-/m1/s1. The van der Waals surface area contributed by atoms with Gasteiger partial charge in [0, 0.05) is 12.2 Å². The molecule has 0 spiro atoms. The van der Waals surface area contributed by atoms with Gasteiger partial charge < -0.3 is 14.4 Å². The third-order valence-corrected chi connectivity index (χ3v) is 6.48. The number of aromatic nitrogens is 3. The molecular weight excluding hydrogens is 404 g/mol. The second kappa shape index (κ2) is 9.21. The lowest BCUT2D eigenvalue weighted by molar-refractivity contribution is -0.917. The summed E-state index contributed by atoms with van der Waals surface area (Å²) in [5.74, 6) is 1.85. The molecule has 6 nitrogen and oxygen atoms in total. The molecule has 3 heterocycles. The number of rotatable bonds is 8. The SMILES string of the molecule is COc1ccccc1C[NH+](C)Cn1nc(-c2cccs2)n(C[C@H]2CCCO2)c1=S. The number of ether oxygens (including phenoxy) is 2. The second-order valence-corrected chi connectivity index (χ2v) is 8.75. The van der Waals surface area contributed by atoms with Crippen LogP contribution in [0.1, 0.15) is 18.4 Å². The Morgan fingerprint density at radius 1 is 1.31 bits per heavy atom. The zero-order chi connectivity index (χ0) is 20.2. The van der Waals surface area contributed by atoms with Gasteiger partial charge in [-0.25, -0.2) is 0 Å². The first-order chi connectivity index (χ1) is 14.2. The van der Waals surface area contributed by atoms with Gasteiger partial charge in [-0.3, -0.25) is 4.57 Å². The van der Waals surface area contributed by atoms with Crippen molar-refractivity contribution in [2.45, 2.75) is 38.7 Å². The van der Waals surface area contributed by atoms with E-state index in [9.17, 15) is 0 Å². The summed E-state index contributed by atoms with van der Waals surface area (Å²) in [6.45, 7) is 3.12. The first-order valence-corrected chi connectivity index (χ1v) is 11.2. The fourth-order valence-electron chi connectivity index (χ4n) is 3.77. The van der Waals surface area contributed by atoms with E-state index in [0.29, 0.717) is 6.67 Å². The fraction of sp³-hybridized carbons (Fsp3) is 0.429. The largest absolute Gasteiger partial charge is 0.496 e.